The van der Waals surface area contributed by atoms with E-state index >= 15 is 0 Å². The van der Waals surface area contributed by atoms with Crippen LogP contribution in [0, 0.1) is 12.8 Å². The van der Waals surface area contributed by atoms with Crippen LogP contribution in [0.4, 0.5) is 5.82 Å². The van der Waals surface area contributed by atoms with Crippen LogP contribution >= 0.6 is 11.6 Å². The SMILES string of the molecule is CCc1nc(Cl)c(C)c(NCCCOCC2CC2)n1. The summed E-state index contributed by atoms with van der Waals surface area (Å²) in [5.41, 5.74) is 0.915. The van der Waals surface area contributed by atoms with Crippen LogP contribution in [0.5, 0.6) is 0 Å². The molecule has 1 aromatic rings. The van der Waals surface area contributed by atoms with E-state index in [4.69, 9.17) is 16.3 Å². The number of ether oxygens (including phenoxy) is 1. The molecule has 1 heterocycles. The summed E-state index contributed by atoms with van der Waals surface area (Å²) in [5.74, 6) is 2.46. The molecule has 0 aliphatic heterocycles. The maximum absolute atomic E-state index is 6.09. The summed E-state index contributed by atoms with van der Waals surface area (Å²) in [6.07, 6.45) is 4.46. The predicted molar refractivity (Wildman–Crippen MR) is 77.8 cm³/mol. The van der Waals surface area contributed by atoms with Gasteiger partial charge in [-0.05, 0) is 32.1 Å². The van der Waals surface area contributed by atoms with E-state index in [9.17, 15) is 0 Å². The van der Waals surface area contributed by atoms with Crippen molar-refractivity contribution in [3.63, 3.8) is 0 Å². The minimum atomic E-state index is 0.541. The molecule has 0 amide bonds. The Kier molecular flexibility index (Phi) is 5.40. The first kappa shape index (κ1) is 14.5. The maximum atomic E-state index is 6.09. The summed E-state index contributed by atoms with van der Waals surface area (Å²) in [7, 11) is 0. The third-order valence-electron chi connectivity index (χ3n) is 3.26. The first-order valence-electron chi connectivity index (χ1n) is 7.05. The Hall–Kier alpha value is -0.870. The summed E-state index contributed by atoms with van der Waals surface area (Å²) in [4.78, 5) is 8.69. The van der Waals surface area contributed by atoms with Gasteiger partial charge in [0, 0.05) is 31.7 Å². The zero-order valence-electron chi connectivity index (χ0n) is 11.7. The number of anilines is 1. The van der Waals surface area contributed by atoms with Gasteiger partial charge in [-0.2, -0.15) is 0 Å². The molecular weight excluding hydrogens is 262 g/mol. The van der Waals surface area contributed by atoms with Gasteiger partial charge >= 0.3 is 0 Å². The Morgan fingerprint density at radius 3 is 2.84 bits per heavy atom. The van der Waals surface area contributed by atoms with Crippen molar-refractivity contribution >= 4 is 17.4 Å². The second kappa shape index (κ2) is 7.06. The number of aromatic nitrogens is 2. The molecule has 5 heteroatoms. The molecule has 19 heavy (non-hydrogen) atoms. The van der Waals surface area contributed by atoms with E-state index in [0.717, 1.165) is 55.7 Å². The van der Waals surface area contributed by atoms with Crippen molar-refractivity contribution < 1.29 is 4.74 Å². The highest BCUT2D eigenvalue weighted by Crippen LogP contribution is 2.28. The molecule has 1 N–H and O–H groups in total. The minimum Gasteiger partial charge on any atom is -0.381 e. The van der Waals surface area contributed by atoms with E-state index < -0.39 is 0 Å². The second-order valence-electron chi connectivity index (χ2n) is 5.06. The third-order valence-corrected chi connectivity index (χ3v) is 3.63. The molecule has 0 bridgehead atoms. The van der Waals surface area contributed by atoms with Gasteiger partial charge in [-0.15, -0.1) is 0 Å². The fourth-order valence-corrected chi connectivity index (χ4v) is 1.97. The topological polar surface area (TPSA) is 47.0 Å². The molecule has 0 unspecified atom stereocenters. The summed E-state index contributed by atoms with van der Waals surface area (Å²) in [5, 5.41) is 3.86. The zero-order valence-corrected chi connectivity index (χ0v) is 12.5. The summed E-state index contributed by atoms with van der Waals surface area (Å²) in [6, 6.07) is 0. The van der Waals surface area contributed by atoms with Crippen LogP contribution in [-0.2, 0) is 11.2 Å². The van der Waals surface area contributed by atoms with Crippen LogP contribution < -0.4 is 5.32 Å². The fourth-order valence-electron chi connectivity index (χ4n) is 1.78. The predicted octanol–water partition coefficient (Wildman–Crippen LogP) is 3.23. The van der Waals surface area contributed by atoms with E-state index in [1.165, 1.54) is 12.8 Å². The highest BCUT2D eigenvalue weighted by molar-refractivity contribution is 6.30. The largest absolute Gasteiger partial charge is 0.381 e. The number of rotatable bonds is 8. The first-order chi connectivity index (χ1) is 9.20. The van der Waals surface area contributed by atoms with E-state index in [2.05, 4.69) is 15.3 Å². The number of halogens is 1. The fraction of sp³-hybridized carbons (Fsp3) is 0.714. The molecule has 4 nitrogen and oxygen atoms in total. The highest BCUT2D eigenvalue weighted by atomic mass is 35.5. The van der Waals surface area contributed by atoms with Gasteiger partial charge in [0.15, 0.2) is 0 Å². The van der Waals surface area contributed by atoms with Gasteiger partial charge in [-0.1, -0.05) is 18.5 Å². The molecule has 106 valence electrons. The quantitative estimate of drug-likeness (QED) is 0.588. The van der Waals surface area contributed by atoms with E-state index in [0.29, 0.717) is 5.15 Å². The van der Waals surface area contributed by atoms with Crippen molar-refractivity contribution in [2.24, 2.45) is 5.92 Å². The number of hydrogen-bond donors (Lipinski definition) is 1. The normalized spacial score (nSPS) is 14.7. The van der Waals surface area contributed by atoms with E-state index in [-0.39, 0.29) is 0 Å². The molecule has 1 fully saturated rings. The summed E-state index contributed by atoms with van der Waals surface area (Å²) < 4.78 is 5.60. The monoisotopic (exact) mass is 283 g/mol. The van der Waals surface area contributed by atoms with Crippen molar-refractivity contribution in [1.82, 2.24) is 9.97 Å². The molecule has 1 aromatic heterocycles. The van der Waals surface area contributed by atoms with Crippen LogP contribution in [0.15, 0.2) is 0 Å². The van der Waals surface area contributed by atoms with Crippen molar-refractivity contribution in [3.8, 4) is 0 Å². The van der Waals surface area contributed by atoms with Crippen LogP contribution in [0.3, 0.4) is 0 Å². The smallest absolute Gasteiger partial charge is 0.137 e. The van der Waals surface area contributed by atoms with E-state index in [1.807, 2.05) is 13.8 Å². The lowest BCUT2D eigenvalue weighted by atomic mass is 10.3. The number of hydrogen-bond acceptors (Lipinski definition) is 4. The zero-order chi connectivity index (χ0) is 13.7. The molecule has 1 saturated carbocycles. The Balaban J connectivity index is 1.73. The molecular formula is C14H22ClN3O. The van der Waals surface area contributed by atoms with Crippen LogP contribution in [-0.4, -0.2) is 29.7 Å². The molecule has 0 aromatic carbocycles. The maximum Gasteiger partial charge on any atom is 0.137 e. The summed E-state index contributed by atoms with van der Waals surface area (Å²) >= 11 is 6.09. The average molecular weight is 284 g/mol. The molecule has 0 saturated heterocycles. The molecule has 1 aliphatic rings. The van der Waals surface area contributed by atoms with Gasteiger partial charge in [0.25, 0.3) is 0 Å². The van der Waals surface area contributed by atoms with Gasteiger partial charge in [0.1, 0.15) is 16.8 Å². The van der Waals surface area contributed by atoms with Crippen molar-refractivity contribution in [2.75, 3.05) is 25.1 Å². The molecule has 1 aliphatic carbocycles. The lowest BCUT2D eigenvalue weighted by Gasteiger charge is -2.11. The lowest BCUT2D eigenvalue weighted by molar-refractivity contribution is 0.124. The number of aryl methyl sites for hydroxylation is 1. The van der Waals surface area contributed by atoms with Crippen LogP contribution in [0.2, 0.25) is 5.15 Å². The van der Waals surface area contributed by atoms with Crippen molar-refractivity contribution in [2.45, 2.75) is 39.5 Å². The van der Waals surface area contributed by atoms with E-state index in [1.54, 1.807) is 0 Å². The summed E-state index contributed by atoms with van der Waals surface area (Å²) in [6.45, 7) is 6.55. The van der Waals surface area contributed by atoms with Gasteiger partial charge in [0.05, 0.1) is 0 Å². The van der Waals surface area contributed by atoms with Crippen LogP contribution in [0.25, 0.3) is 0 Å². The minimum absolute atomic E-state index is 0.541. The average Bonchev–Trinajstić information content (AvgIpc) is 3.22. The number of nitrogens with zero attached hydrogens (tertiary/aromatic N) is 2. The van der Waals surface area contributed by atoms with Crippen LogP contribution in [0.1, 0.15) is 37.6 Å². The molecule has 2 rings (SSSR count). The Morgan fingerprint density at radius 1 is 1.37 bits per heavy atom. The third kappa shape index (κ3) is 4.62. The lowest BCUT2D eigenvalue weighted by Crippen LogP contribution is -2.10. The highest BCUT2D eigenvalue weighted by Gasteiger charge is 2.20. The van der Waals surface area contributed by atoms with Gasteiger partial charge in [-0.3, -0.25) is 0 Å². The van der Waals surface area contributed by atoms with Crippen molar-refractivity contribution in [1.29, 1.82) is 0 Å². The van der Waals surface area contributed by atoms with Crippen molar-refractivity contribution in [3.05, 3.63) is 16.5 Å². The standard InChI is InChI=1S/C14H22ClN3O/c1-3-12-17-13(15)10(2)14(18-12)16-7-4-8-19-9-11-5-6-11/h11H,3-9H2,1-2H3,(H,16,17,18). The van der Waals surface area contributed by atoms with Gasteiger partial charge in [0.2, 0.25) is 0 Å². The molecule has 0 radical (unpaired) electrons. The number of nitrogens with one attached hydrogen (secondary N) is 1. The second-order valence-corrected chi connectivity index (χ2v) is 5.41. The molecule has 0 atom stereocenters. The first-order valence-corrected chi connectivity index (χ1v) is 7.43. The Morgan fingerprint density at radius 2 is 2.16 bits per heavy atom. The Labute approximate surface area is 119 Å². The molecule has 0 spiro atoms. The Bertz CT molecular complexity index is 421. The van der Waals surface area contributed by atoms with Gasteiger partial charge in [-0.25, -0.2) is 9.97 Å². The van der Waals surface area contributed by atoms with Gasteiger partial charge < -0.3 is 10.1 Å².